The van der Waals surface area contributed by atoms with Gasteiger partial charge < -0.3 is 10.1 Å². The molecule has 31 heavy (non-hydrogen) atoms. The van der Waals surface area contributed by atoms with Crippen LogP contribution in [-0.2, 0) is 30.7 Å². The quantitative estimate of drug-likeness (QED) is 0.514. The molecule has 1 aliphatic rings. The molecule has 162 valence electrons. The summed E-state index contributed by atoms with van der Waals surface area (Å²) in [4.78, 5) is 18.7. The van der Waals surface area contributed by atoms with Crippen molar-refractivity contribution in [2.75, 3.05) is 19.7 Å². The standard InChI is InChI=1S/C25H29N3O2S/c1-19-27-23(18-31-19)15-25(29)26-12-4-14-30-24-9-7-20(8-10-24)16-28-13-11-21-5-2-3-6-22(21)17-28/h2-3,5-10,18H,4,11-17H2,1H3,(H,26,29). The summed E-state index contributed by atoms with van der Waals surface area (Å²) in [7, 11) is 0. The molecule has 0 atom stereocenters. The van der Waals surface area contributed by atoms with E-state index in [0.717, 1.165) is 48.9 Å². The number of aryl methyl sites for hydroxylation is 1. The number of nitrogens with one attached hydrogen (secondary N) is 1. The molecule has 0 saturated carbocycles. The van der Waals surface area contributed by atoms with Crippen molar-refractivity contribution in [1.29, 1.82) is 0 Å². The monoisotopic (exact) mass is 435 g/mol. The minimum absolute atomic E-state index is 0.00925. The number of thiazole rings is 1. The number of aromatic nitrogens is 1. The third kappa shape index (κ3) is 6.39. The average Bonchev–Trinajstić information content (AvgIpc) is 3.19. The Bertz CT molecular complexity index is 1000. The summed E-state index contributed by atoms with van der Waals surface area (Å²) in [5, 5.41) is 5.85. The average molecular weight is 436 g/mol. The van der Waals surface area contributed by atoms with Crippen molar-refractivity contribution in [2.24, 2.45) is 0 Å². The zero-order chi connectivity index (χ0) is 21.5. The lowest BCUT2D eigenvalue weighted by atomic mass is 9.99. The summed E-state index contributed by atoms with van der Waals surface area (Å²) in [6.45, 7) is 6.21. The zero-order valence-electron chi connectivity index (χ0n) is 18.0. The maximum Gasteiger partial charge on any atom is 0.226 e. The van der Waals surface area contributed by atoms with Gasteiger partial charge in [0.1, 0.15) is 5.75 Å². The Hall–Kier alpha value is -2.70. The molecule has 0 fully saturated rings. The van der Waals surface area contributed by atoms with E-state index in [4.69, 9.17) is 4.74 Å². The van der Waals surface area contributed by atoms with Crippen molar-refractivity contribution in [3.8, 4) is 5.75 Å². The van der Waals surface area contributed by atoms with Gasteiger partial charge in [0.25, 0.3) is 0 Å². The number of hydrogen-bond donors (Lipinski definition) is 1. The highest BCUT2D eigenvalue weighted by molar-refractivity contribution is 7.09. The van der Waals surface area contributed by atoms with Gasteiger partial charge in [-0.15, -0.1) is 11.3 Å². The van der Waals surface area contributed by atoms with Crippen LogP contribution < -0.4 is 10.1 Å². The third-order valence-corrected chi connectivity index (χ3v) is 6.28. The van der Waals surface area contributed by atoms with E-state index in [2.05, 4.69) is 51.6 Å². The van der Waals surface area contributed by atoms with E-state index in [-0.39, 0.29) is 5.91 Å². The van der Waals surface area contributed by atoms with Gasteiger partial charge in [-0.2, -0.15) is 0 Å². The molecule has 6 heteroatoms. The van der Waals surface area contributed by atoms with Gasteiger partial charge in [0.05, 0.1) is 23.7 Å². The van der Waals surface area contributed by atoms with E-state index >= 15 is 0 Å². The molecule has 0 unspecified atom stereocenters. The molecule has 2 heterocycles. The van der Waals surface area contributed by atoms with Crippen LogP contribution in [0, 0.1) is 6.92 Å². The Labute approximate surface area is 188 Å². The van der Waals surface area contributed by atoms with Gasteiger partial charge in [-0.3, -0.25) is 9.69 Å². The van der Waals surface area contributed by atoms with E-state index in [0.29, 0.717) is 19.6 Å². The first-order valence-corrected chi connectivity index (χ1v) is 11.7. The van der Waals surface area contributed by atoms with Gasteiger partial charge in [0.15, 0.2) is 0 Å². The summed E-state index contributed by atoms with van der Waals surface area (Å²) in [6.07, 6.45) is 2.24. The molecule has 1 N–H and O–H groups in total. The number of carbonyl (C=O) groups is 1. The molecule has 4 rings (SSSR count). The van der Waals surface area contributed by atoms with Gasteiger partial charge in [-0.05, 0) is 48.6 Å². The summed E-state index contributed by atoms with van der Waals surface area (Å²) in [5.41, 5.74) is 5.07. The number of carbonyl (C=O) groups excluding carboxylic acids is 1. The minimum atomic E-state index is 0.00925. The molecule has 0 saturated heterocycles. The lowest BCUT2D eigenvalue weighted by Crippen LogP contribution is -2.29. The maximum atomic E-state index is 11.9. The van der Waals surface area contributed by atoms with Gasteiger partial charge >= 0.3 is 0 Å². The number of rotatable bonds is 9. The van der Waals surface area contributed by atoms with Crippen molar-refractivity contribution in [2.45, 2.75) is 39.3 Å². The second-order valence-corrected chi connectivity index (χ2v) is 9.02. The topological polar surface area (TPSA) is 54.5 Å². The first-order chi connectivity index (χ1) is 15.2. The van der Waals surface area contributed by atoms with E-state index in [1.54, 1.807) is 11.3 Å². The highest BCUT2D eigenvalue weighted by Crippen LogP contribution is 2.21. The summed E-state index contributed by atoms with van der Waals surface area (Å²) >= 11 is 1.57. The van der Waals surface area contributed by atoms with Crippen LogP contribution in [-0.4, -0.2) is 35.5 Å². The summed E-state index contributed by atoms with van der Waals surface area (Å²) in [6, 6.07) is 17.1. The first kappa shape index (κ1) is 21.5. The van der Waals surface area contributed by atoms with Crippen LogP contribution in [0.25, 0.3) is 0 Å². The number of hydrogen-bond acceptors (Lipinski definition) is 5. The molecule has 5 nitrogen and oxygen atoms in total. The number of ether oxygens (including phenoxy) is 1. The smallest absolute Gasteiger partial charge is 0.226 e. The fraction of sp³-hybridized carbons (Fsp3) is 0.360. The second kappa shape index (κ2) is 10.6. The summed E-state index contributed by atoms with van der Waals surface area (Å²) < 4.78 is 5.83. The van der Waals surface area contributed by atoms with Crippen molar-refractivity contribution in [1.82, 2.24) is 15.2 Å². The number of fused-ring (bicyclic) bond motifs is 1. The van der Waals surface area contributed by atoms with Crippen LogP contribution in [0.1, 0.15) is 33.8 Å². The van der Waals surface area contributed by atoms with Crippen LogP contribution in [0.5, 0.6) is 5.75 Å². The molecule has 1 amide bonds. The molecule has 3 aromatic rings. The van der Waals surface area contributed by atoms with Gasteiger partial charge in [0.2, 0.25) is 5.91 Å². The number of benzene rings is 2. The molecular formula is C25H29N3O2S. The highest BCUT2D eigenvalue weighted by Gasteiger charge is 2.15. The number of amides is 1. The van der Waals surface area contributed by atoms with E-state index in [1.165, 1.54) is 16.7 Å². The molecule has 1 aliphatic heterocycles. The fourth-order valence-corrected chi connectivity index (χ4v) is 4.46. The van der Waals surface area contributed by atoms with Crippen molar-refractivity contribution in [3.63, 3.8) is 0 Å². The Morgan fingerprint density at radius 2 is 1.97 bits per heavy atom. The predicted octanol–water partition coefficient (Wildman–Crippen LogP) is 4.14. The molecule has 0 bridgehead atoms. The van der Waals surface area contributed by atoms with Crippen LogP contribution in [0.2, 0.25) is 0 Å². The number of nitrogens with zero attached hydrogens (tertiary/aromatic N) is 2. The first-order valence-electron chi connectivity index (χ1n) is 10.8. The molecular weight excluding hydrogens is 406 g/mol. The van der Waals surface area contributed by atoms with Gasteiger partial charge in [0, 0.05) is 31.6 Å². The Morgan fingerprint density at radius 3 is 2.74 bits per heavy atom. The van der Waals surface area contributed by atoms with E-state index in [9.17, 15) is 4.79 Å². The second-order valence-electron chi connectivity index (χ2n) is 7.96. The lowest BCUT2D eigenvalue weighted by Gasteiger charge is -2.28. The largest absolute Gasteiger partial charge is 0.494 e. The third-order valence-electron chi connectivity index (χ3n) is 5.46. The van der Waals surface area contributed by atoms with Crippen LogP contribution in [0.15, 0.2) is 53.9 Å². The van der Waals surface area contributed by atoms with Crippen molar-refractivity contribution >= 4 is 17.2 Å². The molecule has 0 spiro atoms. The predicted molar refractivity (Wildman–Crippen MR) is 124 cm³/mol. The van der Waals surface area contributed by atoms with Crippen molar-refractivity contribution in [3.05, 3.63) is 81.3 Å². The SMILES string of the molecule is Cc1nc(CC(=O)NCCCOc2ccc(CN3CCc4ccccc4C3)cc2)cs1. The van der Waals surface area contributed by atoms with E-state index < -0.39 is 0 Å². The van der Waals surface area contributed by atoms with Crippen molar-refractivity contribution < 1.29 is 9.53 Å². The highest BCUT2D eigenvalue weighted by atomic mass is 32.1. The Kier molecular flexibility index (Phi) is 7.33. The van der Waals surface area contributed by atoms with Gasteiger partial charge in [-0.25, -0.2) is 4.98 Å². The van der Waals surface area contributed by atoms with Crippen LogP contribution in [0.3, 0.4) is 0 Å². The normalized spacial score (nSPS) is 13.6. The van der Waals surface area contributed by atoms with E-state index in [1.807, 2.05) is 24.4 Å². The summed E-state index contributed by atoms with van der Waals surface area (Å²) in [5.74, 6) is 0.881. The van der Waals surface area contributed by atoms with Gasteiger partial charge in [-0.1, -0.05) is 36.4 Å². The molecule has 0 aliphatic carbocycles. The zero-order valence-corrected chi connectivity index (χ0v) is 18.8. The Balaban J connectivity index is 1.14. The maximum absolute atomic E-state index is 11.9. The lowest BCUT2D eigenvalue weighted by molar-refractivity contribution is -0.120. The fourth-order valence-electron chi connectivity index (χ4n) is 3.84. The molecule has 1 aromatic heterocycles. The molecule has 0 radical (unpaired) electrons. The minimum Gasteiger partial charge on any atom is -0.494 e. The van der Waals surface area contributed by atoms with Crippen LogP contribution >= 0.6 is 11.3 Å². The molecule has 2 aromatic carbocycles. The Morgan fingerprint density at radius 1 is 1.16 bits per heavy atom. The van der Waals surface area contributed by atoms with Crippen LogP contribution in [0.4, 0.5) is 0 Å².